The van der Waals surface area contributed by atoms with Gasteiger partial charge in [0.2, 0.25) is 29.8 Å². The van der Waals surface area contributed by atoms with Crippen molar-refractivity contribution >= 4 is 53.4 Å². The van der Waals surface area contributed by atoms with E-state index in [0.29, 0.717) is 6.54 Å². The molecular formula is C54H80N20. The molecule has 0 radical (unpaired) electrons. The lowest BCUT2D eigenvalue weighted by Crippen LogP contribution is -2.53. The number of benzene rings is 4. The van der Waals surface area contributed by atoms with Crippen LogP contribution in [0, 0.1) is 0 Å². The van der Waals surface area contributed by atoms with Gasteiger partial charge in [-0.3, -0.25) is 31.3 Å². The van der Waals surface area contributed by atoms with Crippen molar-refractivity contribution in [3.05, 3.63) is 138 Å². The maximum atomic E-state index is 4.57. The van der Waals surface area contributed by atoms with Crippen LogP contribution in [0.15, 0.2) is 161 Å². The molecule has 4 aromatic rings. The SMILES string of the molecule is CC1N=C(N(C)C)NC(=NCCCc2ccccc2)N1.CC1N=C(N(C)C)NC(=NCCc2ccccc2)N1.CC1N=C(N(C)C)NC(=NCc2ccccc2)N1.CC1N=C(Nc2ccccc2)NC(N(C)C)=N1. The summed E-state index contributed by atoms with van der Waals surface area (Å²) in [6.07, 6.45) is 3.12. The predicted octanol–water partition coefficient (Wildman–Crippen LogP) is 4.79. The molecular weight excluding hydrogens is 929 g/mol. The van der Waals surface area contributed by atoms with Crippen molar-refractivity contribution in [3.8, 4) is 0 Å². The van der Waals surface area contributed by atoms with Crippen molar-refractivity contribution in [2.24, 2.45) is 39.9 Å². The van der Waals surface area contributed by atoms with Gasteiger partial charge in [0.15, 0.2) is 17.9 Å². The maximum absolute atomic E-state index is 4.57. The highest BCUT2D eigenvalue weighted by Gasteiger charge is 2.18. The van der Waals surface area contributed by atoms with Gasteiger partial charge in [-0.2, -0.15) is 0 Å². The van der Waals surface area contributed by atoms with Crippen molar-refractivity contribution in [1.29, 1.82) is 0 Å². The van der Waals surface area contributed by atoms with E-state index in [2.05, 4.69) is 143 Å². The molecule has 4 aromatic carbocycles. The Labute approximate surface area is 439 Å². The van der Waals surface area contributed by atoms with Crippen LogP contribution >= 0.6 is 0 Å². The number of aryl methyl sites for hydroxylation is 1. The highest BCUT2D eigenvalue weighted by atomic mass is 15.4. The Bertz CT molecular complexity index is 2540. The fourth-order valence-corrected chi connectivity index (χ4v) is 7.03. The lowest BCUT2D eigenvalue weighted by atomic mass is 10.1. The standard InChI is InChI=1S/C15H23N5.C14H21N5.C13H19N5.C12H17N5/c1-12-17-14(19-15(18-12)20(2)3)16-11-7-10-13-8-5-4-6-9-13;1-11-16-13(18-14(17-11)19(2)3)15-10-9-12-7-5-4-6-8-12;1-10-15-12(17-13(16-10)18(2)3)14-9-11-7-5-4-6-8-11;1-9-13-11(16-12(14-9)17(2)3)15-10-7-5-4-6-8-10/h4-6,8-9,12H,7,10-11H2,1-3H3,(H2,16,17,18,19);4-8,11H,9-10H2,1-3H3,(H2,15,16,17,18);4-8,10H,9H2,1-3H3,(H2,14,15,16,17);4-9H,1-3H3,(H2,13,14,15,16). The van der Waals surface area contributed by atoms with Crippen LogP contribution in [0.25, 0.3) is 0 Å². The van der Waals surface area contributed by atoms with E-state index in [-0.39, 0.29) is 24.7 Å². The van der Waals surface area contributed by atoms with Crippen molar-refractivity contribution in [1.82, 2.24) is 56.8 Å². The first kappa shape index (κ1) is 56.8. The smallest absolute Gasteiger partial charge is 0.204 e. The second-order valence-electron chi connectivity index (χ2n) is 18.4. The van der Waals surface area contributed by atoms with Gasteiger partial charge >= 0.3 is 0 Å². The van der Waals surface area contributed by atoms with Gasteiger partial charge in [0.1, 0.15) is 24.7 Å². The summed E-state index contributed by atoms with van der Waals surface area (Å²) in [5, 5.41) is 25.6. The minimum absolute atomic E-state index is 0.0400. The molecule has 4 aliphatic rings. The van der Waals surface area contributed by atoms with E-state index in [1.807, 2.05) is 164 Å². The van der Waals surface area contributed by atoms with E-state index < -0.39 is 0 Å². The van der Waals surface area contributed by atoms with Gasteiger partial charge in [0, 0.05) is 75.2 Å². The zero-order chi connectivity index (χ0) is 53.2. The van der Waals surface area contributed by atoms with Crippen LogP contribution in [0.4, 0.5) is 5.69 Å². The van der Waals surface area contributed by atoms with Gasteiger partial charge < -0.3 is 40.9 Å². The van der Waals surface area contributed by atoms with E-state index in [4.69, 9.17) is 0 Å². The van der Waals surface area contributed by atoms with E-state index in [1.165, 1.54) is 16.7 Å². The van der Waals surface area contributed by atoms with Crippen LogP contribution in [-0.4, -0.2) is 161 Å². The summed E-state index contributed by atoms with van der Waals surface area (Å²) < 4.78 is 0. The first-order chi connectivity index (χ1) is 35.6. The zero-order valence-corrected chi connectivity index (χ0v) is 45.5. The number of aliphatic imine (C=N–C) groups is 8. The summed E-state index contributed by atoms with van der Waals surface area (Å²) in [7, 11) is 15.7. The molecule has 0 aliphatic carbocycles. The lowest BCUT2D eigenvalue weighted by Gasteiger charge is -2.26. The second kappa shape index (κ2) is 30.0. The van der Waals surface area contributed by atoms with Crippen LogP contribution in [0.2, 0.25) is 0 Å². The Morgan fingerprint density at radius 1 is 0.419 bits per heavy atom. The molecule has 4 unspecified atom stereocenters. The molecule has 0 saturated carbocycles. The fraction of sp³-hybridized carbons (Fsp3) is 0.407. The molecule has 20 nitrogen and oxygen atoms in total. The normalized spacial score (nSPS) is 20.1. The summed E-state index contributed by atoms with van der Waals surface area (Å²) in [6, 6.07) is 41.0. The number of nitrogens with zero attached hydrogens (tertiary/aromatic N) is 12. The topological polar surface area (TPSA) is 208 Å². The molecule has 396 valence electrons. The summed E-state index contributed by atoms with van der Waals surface area (Å²) in [4.78, 5) is 43.5. The monoisotopic (exact) mass is 1010 g/mol. The van der Waals surface area contributed by atoms with Crippen LogP contribution in [0.3, 0.4) is 0 Å². The molecule has 0 bridgehead atoms. The first-order valence-corrected chi connectivity index (χ1v) is 25.1. The van der Waals surface area contributed by atoms with Gasteiger partial charge in [-0.25, -0.2) is 30.0 Å². The summed E-state index contributed by atoms with van der Waals surface area (Å²) in [5.41, 5.74) is 4.86. The number of hydrogen-bond donors (Lipinski definition) is 8. The molecule has 4 atom stereocenters. The zero-order valence-electron chi connectivity index (χ0n) is 45.5. The average molecular weight is 1010 g/mol. The van der Waals surface area contributed by atoms with Gasteiger partial charge in [0.05, 0.1) is 6.54 Å². The Hall–Kier alpha value is -8.16. The summed E-state index contributed by atoms with van der Waals surface area (Å²) in [5.74, 6) is 6.42. The number of hydrogen-bond acceptors (Lipinski definition) is 14. The van der Waals surface area contributed by atoms with Gasteiger partial charge in [-0.1, -0.05) is 109 Å². The Balaban J connectivity index is 0.000000183. The number of rotatable bonds is 10. The minimum atomic E-state index is -0.0696. The molecule has 8 N–H and O–H groups in total. The van der Waals surface area contributed by atoms with Crippen LogP contribution in [0.1, 0.15) is 50.8 Å². The van der Waals surface area contributed by atoms with Crippen LogP contribution in [-0.2, 0) is 19.4 Å². The Morgan fingerprint density at radius 2 is 0.797 bits per heavy atom. The third-order valence-corrected chi connectivity index (χ3v) is 10.8. The van der Waals surface area contributed by atoms with E-state index >= 15 is 0 Å². The third kappa shape index (κ3) is 20.9. The average Bonchev–Trinajstić information content (AvgIpc) is 3.38. The van der Waals surface area contributed by atoms with Gasteiger partial charge in [0.25, 0.3) is 0 Å². The van der Waals surface area contributed by atoms with Gasteiger partial charge in [-0.15, -0.1) is 0 Å². The van der Waals surface area contributed by atoms with Crippen molar-refractivity contribution < 1.29 is 0 Å². The second-order valence-corrected chi connectivity index (χ2v) is 18.4. The molecule has 20 heteroatoms. The number of guanidine groups is 8. The van der Waals surface area contributed by atoms with Crippen LogP contribution in [0.5, 0.6) is 0 Å². The molecule has 0 saturated heterocycles. The molecule has 0 fully saturated rings. The van der Waals surface area contributed by atoms with Crippen molar-refractivity contribution in [2.75, 3.05) is 74.8 Å². The largest absolute Gasteiger partial charge is 0.349 e. The lowest BCUT2D eigenvalue weighted by molar-refractivity contribution is 0.559. The number of anilines is 1. The fourth-order valence-electron chi connectivity index (χ4n) is 7.03. The first-order valence-electron chi connectivity index (χ1n) is 25.1. The summed E-state index contributed by atoms with van der Waals surface area (Å²) >= 11 is 0. The molecule has 4 heterocycles. The molecule has 0 aromatic heterocycles. The van der Waals surface area contributed by atoms with Crippen LogP contribution < -0.4 is 42.5 Å². The maximum Gasteiger partial charge on any atom is 0.204 e. The number of para-hydroxylation sites is 1. The minimum Gasteiger partial charge on any atom is -0.349 e. The Morgan fingerprint density at radius 3 is 1.24 bits per heavy atom. The predicted molar refractivity (Wildman–Crippen MR) is 309 cm³/mol. The van der Waals surface area contributed by atoms with Crippen molar-refractivity contribution in [2.45, 2.75) is 78.2 Å². The molecule has 4 aliphatic heterocycles. The number of nitrogens with one attached hydrogen (secondary N) is 8. The quantitative estimate of drug-likeness (QED) is 0.101. The van der Waals surface area contributed by atoms with E-state index in [1.54, 1.807) is 0 Å². The molecule has 0 amide bonds. The highest BCUT2D eigenvalue weighted by molar-refractivity contribution is 6.06. The summed E-state index contributed by atoms with van der Waals surface area (Å²) in [6.45, 7) is 10.2. The highest BCUT2D eigenvalue weighted by Crippen LogP contribution is 2.08. The third-order valence-electron chi connectivity index (χ3n) is 10.8. The molecule has 8 rings (SSSR count). The molecule has 0 spiro atoms. The van der Waals surface area contributed by atoms with Gasteiger partial charge in [-0.05, 0) is 75.8 Å². The van der Waals surface area contributed by atoms with E-state index in [9.17, 15) is 0 Å². The molecule has 74 heavy (non-hydrogen) atoms. The Kier molecular flexibility index (Phi) is 23.0. The van der Waals surface area contributed by atoms with E-state index in [0.717, 1.165) is 85.7 Å². The van der Waals surface area contributed by atoms with Crippen molar-refractivity contribution in [3.63, 3.8) is 0 Å².